The van der Waals surface area contributed by atoms with E-state index in [1.165, 1.54) is 6.92 Å². The fraction of sp³-hybridized carbons (Fsp3) is 0.533. The van der Waals surface area contributed by atoms with Crippen LogP contribution in [-0.4, -0.2) is 39.2 Å². The summed E-state index contributed by atoms with van der Waals surface area (Å²) in [5.41, 5.74) is 0.745. The van der Waals surface area contributed by atoms with Crippen LogP contribution in [-0.2, 0) is 14.6 Å². The van der Waals surface area contributed by atoms with E-state index in [-0.39, 0.29) is 17.7 Å². The van der Waals surface area contributed by atoms with Gasteiger partial charge in [0.1, 0.15) is 0 Å². The van der Waals surface area contributed by atoms with Gasteiger partial charge in [0, 0.05) is 26.1 Å². The molecule has 1 unspecified atom stereocenters. The topological polar surface area (TPSA) is 66.5 Å². The van der Waals surface area contributed by atoms with Crippen molar-refractivity contribution in [2.45, 2.75) is 37.6 Å². The SMILES string of the molecule is CCS(=O)(=O)c1ccccc1N1CCCC(NC(C)=O)C1. The van der Waals surface area contributed by atoms with E-state index >= 15 is 0 Å². The number of anilines is 1. The molecular weight excluding hydrogens is 288 g/mol. The second kappa shape index (κ2) is 6.47. The standard InChI is InChI=1S/C15H22N2O3S/c1-3-21(19,20)15-9-5-4-8-14(15)17-10-6-7-13(11-17)16-12(2)18/h4-5,8-9,13H,3,6-7,10-11H2,1-2H3,(H,16,18). The second-order valence-electron chi connectivity index (χ2n) is 5.36. The molecule has 116 valence electrons. The largest absolute Gasteiger partial charge is 0.368 e. The zero-order valence-electron chi connectivity index (χ0n) is 12.5. The highest BCUT2D eigenvalue weighted by molar-refractivity contribution is 7.91. The number of benzene rings is 1. The summed E-state index contributed by atoms with van der Waals surface area (Å²) in [5.74, 6) is 0.0452. The molecule has 0 saturated carbocycles. The Kier molecular flexibility index (Phi) is 4.88. The van der Waals surface area contributed by atoms with Crippen LogP contribution >= 0.6 is 0 Å². The first-order valence-corrected chi connectivity index (χ1v) is 8.93. The van der Waals surface area contributed by atoms with Gasteiger partial charge in [0.2, 0.25) is 5.91 Å². The zero-order valence-corrected chi connectivity index (χ0v) is 13.3. The Bertz CT molecular complexity index is 613. The van der Waals surface area contributed by atoms with Crippen molar-refractivity contribution in [2.24, 2.45) is 0 Å². The van der Waals surface area contributed by atoms with Crippen LogP contribution in [0.1, 0.15) is 26.7 Å². The van der Waals surface area contributed by atoms with E-state index in [2.05, 4.69) is 10.2 Å². The number of amides is 1. The number of nitrogens with one attached hydrogen (secondary N) is 1. The summed E-state index contributed by atoms with van der Waals surface area (Å²) in [6.45, 7) is 4.62. The molecule has 1 aromatic rings. The Morgan fingerprint density at radius 3 is 2.76 bits per heavy atom. The molecule has 1 amide bonds. The minimum Gasteiger partial charge on any atom is -0.368 e. The van der Waals surface area contributed by atoms with E-state index in [0.29, 0.717) is 11.4 Å². The summed E-state index contributed by atoms with van der Waals surface area (Å²) in [6, 6.07) is 7.19. The number of piperidine rings is 1. The summed E-state index contributed by atoms with van der Waals surface area (Å²) >= 11 is 0. The highest BCUT2D eigenvalue weighted by Gasteiger charge is 2.25. The molecular formula is C15H22N2O3S. The van der Waals surface area contributed by atoms with Crippen molar-refractivity contribution in [3.8, 4) is 0 Å². The monoisotopic (exact) mass is 310 g/mol. The molecule has 1 saturated heterocycles. The Balaban J connectivity index is 2.28. The first-order chi connectivity index (χ1) is 9.94. The molecule has 0 spiro atoms. The quantitative estimate of drug-likeness (QED) is 0.917. The minimum absolute atomic E-state index is 0.0451. The molecule has 1 atom stereocenters. The van der Waals surface area contributed by atoms with Crippen molar-refractivity contribution < 1.29 is 13.2 Å². The third-order valence-corrected chi connectivity index (χ3v) is 5.53. The van der Waals surface area contributed by atoms with Crippen LogP contribution in [0.3, 0.4) is 0 Å². The first kappa shape index (κ1) is 15.8. The van der Waals surface area contributed by atoms with E-state index in [9.17, 15) is 13.2 Å². The van der Waals surface area contributed by atoms with E-state index < -0.39 is 9.84 Å². The second-order valence-corrected chi connectivity index (χ2v) is 7.60. The van der Waals surface area contributed by atoms with Gasteiger partial charge in [-0.2, -0.15) is 0 Å². The van der Waals surface area contributed by atoms with Gasteiger partial charge in [0.15, 0.2) is 9.84 Å². The number of carbonyl (C=O) groups excluding carboxylic acids is 1. The highest BCUT2D eigenvalue weighted by atomic mass is 32.2. The fourth-order valence-electron chi connectivity index (χ4n) is 2.74. The smallest absolute Gasteiger partial charge is 0.217 e. The fourth-order valence-corrected chi connectivity index (χ4v) is 3.85. The molecule has 1 heterocycles. The van der Waals surface area contributed by atoms with Gasteiger partial charge in [-0.25, -0.2) is 8.42 Å². The Morgan fingerprint density at radius 1 is 1.38 bits per heavy atom. The van der Waals surface area contributed by atoms with Crippen molar-refractivity contribution in [3.05, 3.63) is 24.3 Å². The van der Waals surface area contributed by atoms with Crippen molar-refractivity contribution in [1.29, 1.82) is 0 Å². The van der Waals surface area contributed by atoms with Gasteiger partial charge in [0.05, 0.1) is 16.3 Å². The normalized spacial score (nSPS) is 19.3. The van der Waals surface area contributed by atoms with Gasteiger partial charge in [0.25, 0.3) is 0 Å². The lowest BCUT2D eigenvalue weighted by molar-refractivity contribution is -0.119. The average molecular weight is 310 g/mol. The molecule has 0 aromatic heterocycles. The average Bonchev–Trinajstić information content (AvgIpc) is 2.47. The molecule has 6 heteroatoms. The minimum atomic E-state index is -3.25. The molecule has 1 fully saturated rings. The number of hydrogen-bond donors (Lipinski definition) is 1. The van der Waals surface area contributed by atoms with Crippen LogP contribution in [0.2, 0.25) is 0 Å². The van der Waals surface area contributed by atoms with E-state index in [0.717, 1.165) is 25.1 Å². The summed E-state index contributed by atoms with van der Waals surface area (Å²) in [5, 5.41) is 2.92. The summed E-state index contributed by atoms with van der Waals surface area (Å²) in [7, 11) is -3.25. The van der Waals surface area contributed by atoms with Crippen molar-refractivity contribution in [1.82, 2.24) is 5.32 Å². The van der Waals surface area contributed by atoms with Gasteiger partial charge < -0.3 is 10.2 Å². The van der Waals surface area contributed by atoms with Crippen molar-refractivity contribution >= 4 is 21.4 Å². The number of sulfone groups is 1. The molecule has 5 nitrogen and oxygen atoms in total. The number of carbonyl (C=O) groups is 1. The number of para-hydroxylation sites is 1. The predicted octanol–water partition coefficient (Wildman–Crippen LogP) is 1.59. The predicted molar refractivity (Wildman–Crippen MR) is 83.2 cm³/mol. The first-order valence-electron chi connectivity index (χ1n) is 7.28. The van der Waals surface area contributed by atoms with Crippen LogP contribution in [0.15, 0.2) is 29.2 Å². The van der Waals surface area contributed by atoms with Gasteiger partial charge >= 0.3 is 0 Å². The Labute approximate surface area is 126 Å². The van der Waals surface area contributed by atoms with Crippen LogP contribution in [0.5, 0.6) is 0 Å². The molecule has 0 bridgehead atoms. The van der Waals surface area contributed by atoms with Gasteiger partial charge in [-0.3, -0.25) is 4.79 Å². The molecule has 1 aliphatic rings. The lowest BCUT2D eigenvalue weighted by Gasteiger charge is -2.35. The summed E-state index contributed by atoms with van der Waals surface area (Å²) < 4.78 is 24.5. The van der Waals surface area contributed by atoms with Crippen LogP contribution < -0.4 is 10.2 Å². The molecule has 21 heavy (non-hydrogen) atoms. The van der Waals surface area contributed by atoms with Crippen LogP contribution in [0, 0.1) is 0 Å². The number of nitrogens with zero attached hydrogens (tertiary/aromatic N) is 1. The Morgan fingerprint density at radius 2 is 2.10 bits per heavy atom. The van der Waals surface area contributed by atoms with E-state index in [1.54, 1.807) is 19.1 Å². The van der Waals surface area contributed by atoms with Gasteiger partial charge in [-0.15, -0.1) is 0 Å². The maximum absolute atomic E-state index is 12.2. The summed E-state index contributed by atoms with van der Waals surface area (Å²) in [6.07, 6.45) is 1.87. The Hall–Kier alpha value is -1.56. The molecule has 1 N–H and O–H groups in total. The lowest BCUT2D eigenvalue weighted by atomic mass is 10.0. The molecule has 1 aliphatic heterocycles. The number of rotatable bonds is 4. The summed E-state index contributed by atoms with van der Waals surface area (Å²) in [4.78, 5) is 13.6. The van der Waals surface area contributed by atoms with Gasteiger partial charge in [-0.1, -0.05) is 19.1 Å². The van der Waals surface area contributed by atoms with Crippen LogP contribution in [0.4, 0.5) is 5.69 Å². The third-order valence-electron chi connectivity index (χ3n) is 3.75. The van der Waals surface area contributed by atoms with Gasteiger partial charge in [-0.05, 0) is 25.0 Å². The maximum atomic E-state index is 12.2. The third kappa shape index (κ3) is 3.75. The molecule has 0 radical (unpaired) electrons. The molecule has 2 rings (SSSR count). The zero-order chi connectivity index (χ0) is 15.5. The highest BCUT2D eigenvalue weighted by Crippen LogP contribution is 2.28. The number of hydrogen-bond acceptors (Lipinski definition) is 4. The van der Waals surface area contributed by atoms with Crippen molar-refractivity contribution in [2.75, 3.05) is 23.7 Å². The maximum Gasteiger partial charge on any atom is 0.217 e. The van der Waals surface area contributed by atoms with E-state index in [1.807, 2.05) is 12.1 Å². The van der Waals surface area contributed by atoms with Crippen LogP contribution in [0.25, 0.3) is 0 Å². The van der Waals surface area contributed by atoms with Crippen molar-refractivity contribution in [3.63, 3.8) is 0 Å². The molecule has 1 aromatic carbocycles. The van der Waals surface area contributed by atoms with E-state index in [4.69, 9.17) is 0 Å². The molecule has 0 aliphatic carbocycles. The lowest BCUT2D eigenvalue weighted by Crippen LogP contribution is -2.47.